The minimum absolute atomic E-state index is 0.247. The van der Waals surface area contributed by atoms with E-state index in [0.29, 0.717) is 5.75 Å². The highest BCUT2D eigenvalue weighted by atomic mass is 16.3. The Labute approximate surface area is 88.4 Å². The Bertz CT molecular complexity index is 472. The maximum atomic E-state index is 9.57. The number of hydrogen-bond acceptors (Lipinski definition) is 2. The third kappa shape index (κ3) is 1.79. The maximum absolute atomic E-state index is 9.57. The van der Waals surface area contributed by atoms with Crippen molar-refractivity contribution in [3.8, 4) is 22.6 Å². The van der Waals surface area contributed by atoms with Gasteiger partial charge in [0, 0.05) is 0 Å². The summed E-state index contributed by atoms with van der Waals surface area (Å²) in [5.74, 6) is 0.539. The molecule has 0 atom stereocenters. The van der Waals surface area contributed by atoms with Gasteiger partial charge in [0.2, 0.25) is 0 Å². The number of aromatic hydroxyl groups is 2. The molecule has 0 saturated heterocycles. The molecule has 0 fully saturated rings. The lowest BCUT2D eigenvalue weighted by atomic mass is 10.00. The van der Waals surface area contributed by atoms with Crippen molar-refractivity contribution >= 4 is 0 Å². The molecule has 0 bridgehead atoms. The summed E-state index contributed by atoms with van der Waals surface area (Å²) in [6, 6.07) is 12.4. The van der Waals surface area contributed by atoms with Crippen LogP contribution >= 0.6 is 0 Å². The van der Waals surface area contributed by atoms with Crippen LogP contribution in [0.3, 0.4) is 0 Å². The molecule has 2 nitrogen and oxygen atoms in total. The zero-order valence-corrected chi connectivity index (χ0v) is 8.44. The fraction of sp³-hybridized carbons (Fsp3) is 0.0769. The second-order valence-corrected chi connectivity index (χ2v) is 3.50. The van der Waals surface area contributed by atoms with Gasteiger partial charge in [0.15, 0.2) is 0 Å². The molecule has 2 aromatic carbocycles. The quantitative estimate of drug-likeness (QED) is 0.742. The summed E-state index contributed by atoms with van der Waals surface area (Å²) in [5, 5.41) is 18.7. The Hall–Kier alpha value is -1.96. The summed E-state index contributed by atoms with van der Waals surface area (Å²) in [6.45, 7) is 1.87. The Kier molecular flexibility index (Phi) is 2.34. The van der Waals surface area contributed by atoms with E-state index < -0.39 is 0 Å². The Morgan fingerprint density at radius 2 is 1.53 bits per heavy atom. The first-order valence-electron chi connectivity index (χ1n) is 4.76. The van der Waals surface area contributed by atoms with Crippen molar-refractivity contribution in [1.29, 1.82) is 0 Å². The Morgan fingerprint density at radius 1 is 0.867 bits per heavy atom. The molecular formula is C13H12O2. The van der Waals surface area contributed by atoms with E-state index in [9.17, 15) is 10.2 Å². The molecular weight excluding hydrogens is 188 g/mol. The van der Waals surface area contributed by atoms with Crippen molar-refractivity contribution in [2.24, 2.45) is 0 Å². The van der Waals surface area contributed by atoms with Crippen LogP contribution in [0.1, 0.15) is 5.56 Å². The van der Waals surface area contributed by atoms with Crippen LogP contribution in [0.2, 0.25) is 0 Å². The first kappa shape index (κ1) is 9.59. The van der Waals surface area contributed by atoms with Gasteiger partial charge in [0.05, 0.1) is 0 Å². The molecule has 0 saturated carbocycles. The molecule has 0 amide bonds. The monoisotopic (exact) mass is 200 g/mol. The van der Waals surface area contributed by atoms with Gasteiger partial charge in [-0.2, -0.15) is 0 Å². The van der Waals surface area contributed by atoms with Crippen molar-refractivity contribution in [3.63, 3.8) is 0 Å². The molecule has 2 N–H and O–H groups in total. The molecule has 2 aromatic rings. The summed E-state index contributed by atoms with van der Waals surface area (Å²) in [4.78, 5) is 0. The minimum Gasteiger partial charge on any atom is -0.508 e. The van der Waals surface area contributed by atoms with E-state index in [1.165, 1.54) is 0 Å². The van der Waals surface area contributed by atoms with Gasteiger partial charge in [-0.3, -0.25) is 0 Å². The van der Waals surface area contributed by atoms with E-state index in [4.69, 9.17) is 0 Å². The van der Waals surface area contributed by atoms with Crippen molar-refractivity contribution < 1.29 is 10.2 Å². The summed E-state index contributed by atoms with van der Waals surface area (Å²) in [7, 11) is 0. The normalized spacial score (nSPS) is 10.2. The highest BCUT2D eigenvalue weighted by Gasteiger charge is 2.04. The molecule has 0 radical (unpaired) electrons. The first-order chi connectivity index (χ1) is 7.18. The van der Waals surface area contributed by atoms with Crippen LogP contribution in [0, 0.1) is 6.92 Å². The van der Waals surface area contributed by atoms with Crippen molar-refractivity contribution in [3.05, 3.63) is 48.0 Å². The van der Waals surface area contributed by atoms with Crippen molar-refractivity contribution in [2.75, 3.05) is 0 Å². The molecule has 0 aliphatic heterocycles. The molecule has 2 rings (SSSR count). The van der Waals surface area contributed by atoms with Crippen LogP contribution in [0.5, 0.6) is 11.5 Å². The van der Waals surface area contributed by atoms with Gasteiger partial charge in [-0.1, -0.05) is 24.3 Å². The third-order valence-corrected chi connectivity index (χ3v) is 2.48. The van der Waals surface area contributed by atoms with Gasteiger partial charge >= 0.3 is 0 Å². The van der Waals surface area contributed by atoms with Crippen molar-refractivity contribution in [1.82, 2.24) is 0 Å². The second kappa shape index (κ2) is 3.65. The third-order valence-electron chi connectivity index (χ3n) is 2.48. The minimum atomic E-state index is 0.247. The summed E-state index contributed by atoms with van der Waals surface area (Å²) in [6.07, 6.45) is 0. The zero-order valence-electron chi connectivity index (χ0n) is 8.44. The number of rotatable bonds is 1. The average molecular weight is 200 g/mol. The highest BCUT2D eigenvalue weighted by Crippen LogP contribution is 2.29. The Morgan fingerprint density at radius 3 is 2.20 bits per heavy atom. The molecule has 0 heterocycles. The van der Waals surface area contributed by atoms with Crippen LogP contribution in [0.25, 0.3) is 11.1 Å². The van der Waals surface area contributed by atoms with Crippen LogP contribution in [0.4, 0.5) is 0 Å². The SMILES string of the molecule is Cc1c(O)cccc1-c1ccc(O)cc1. The average Bonchev–Trinajstić information content (AvgIpc) is 2.24. The van der Waals surface area contributed by atoms with E-state index in [2.05, 4.69) is 0 Å². The zero-order chi connectivity index (χ0) is 10.8. The largest absolute Gasteiger partial charge is 0.508 e. The topological polar surface area (TPSA) is 40.5 Å². The first-order valence-corrected chi connectivity index (χ1v) is 4.76. The number of phenols is 2. The summed E-state index contributed by atoms with van der Waals surface area (Å²) in [5.41, 5.74) is 2.82. The lowest BCUT2D eigenvalue weighted by Crippen LogP contribution is -1.83. The van der Waals surface area contributed by atoms with Crippen LogP contribution < -0.4 is 0 Å². The standard InChI is InChI=1S/C13H12O2/c1-9-12(3-2-4-13(9)15)10-5-7-11(14)8-6-10/h2-8,14-15H,1H3. The van der Waals surface area contributed by atoms with Gasteiger partial charge in [-0.05, 0) is 41.8 Å². The van der Waals surface area contributed by atoms with Crippen LogP contribution in [-0.2, 0) is 0 Å². The fourth-order valence-electron chi connectivity index (χ4n) is 1.58. The van der Waals surface area contributed by atoms with E-state index in [1.54, 1.807) is 18.2 Å². The van der Waals surface area contributed by atoms with E-state index >= 15 is 0 Å². The maximum Gasteiger partial charge on any atom is 0.119 e. The highest BCUT2D eigenvalue weighted by molar-refractivity contribution is 5.69. The van der Waals surface area contributed by atoms with Gasteiger partial charge in [-0.15, -0.1) is 0 Å². The van der Waals surface area contributed by atoms with Gasteiger partial charge < -0.3 is 10.2 Å². The number of phenolic OH excluding ortho intramolecular Hbond substituents is 2. The van der Waals surface area contributed by atoms with Crippen molar-refractivity contribution in [2.45, 2.75) is 6.92 Å². The summed E-state index contributed by atoms with van der Waals surface area (Å²) < 4.78 is 0. The van der Waals surface area contributed by atoms with Gasteiger partial charge in [0.25, 0.3) is 0 Å². The molecule has 0 aliphatic rings. The molecule has 76 valence electrons. The van der Waals surface area contributed by atoms with E-state index in [0.717, 1.165) is 16.7 Å². The molecule has 0 unspecified atom stereocenters. The molecule has 0 aliphatic carbocycles. The van der Waals surface area contributed by atoms with E-state index in [-0.39, 0.29) is 5.75 Å². The van der Waals surface area contributed by atoms with Crippen LogP contribution in [-0.4, -0.2) is 10.2 Å². The smallest absolute Gasteiger partial charge is 0.119 e. The predicted molar refractivity (Wildman–Crippen MR) is 59.9 cm³/mol. The molecule has 15 heavy (non-hydrogen) atoms. The fourth-order valence-corrected chi connectivity index (χ4v) is 1.58. The molecule has 0 aromatic heterocycles. The molecule has 2 heteroatoms. The second-order valence-electron chi connectivity index (χ2n) is 3.50. The van der Waals surface area contributed by atoms with E-state index in [1.807, 2.05) is 31.2 Å². The van der Waals surface area contributed by atoms with Gasteiger partial charge in [0.1, 0.15) is 11.5 Å². The molecule has 0 spiro atoms. The summed E-state index contributed by atoms with van der Waals surface area (Å²) >= 11 is 0. The lowest BCUT2D eigenvalue weighted by Gasteiger charge is -2.07. The number of benzene rings is 2. The number of hydrogen-bond donors (Lipinski definition) is 2. The predicted octanol–water partition coefficient (Wildman–Crippen LogP) is 3.07. The van der Waals surface area contributed by atoms with Gasteiger partial charge in [-0.25, -0.2) is 0 Å². The Balaban J connectivity index is 2.54. The van der Waals surface area contributed by atoms with Crippen LogP contribution in [0.15, 0.2) is 42.5 Å². The lowest BCUT2D eigenvalue weighted by molar-refractivity contribution is 0.471.